The van der Waals surface area contributed by atoms with Gasteiger partial charge in [-0.2, -0.15) is 0 Å². The lowest BCUT2D eigenvalue weighted by atomic mass is 9.95. The molecule has 0 atom stereocenters. The van der Waals surface area contributed by atoms with Crippen LogP contribution in [0.15, 0.2) is 18.2 Å². The van der Waals surface area contributed by atoms with Crippen molar-refractivity contribution in [2.24, 2.45) is 0 Å². The van der Waals surface area contributed by atoms with E-state index in [4.69, 9.17) is 9.47 Å². The van der Waals surface area contributed by atoms with Gasteiger partial charge in [0.2, 0.25) is 0 Å². The Morgan fingerprint density at radius 1 is 1.35 bits per heavy atom. The summed E-state index contributed by atoms with van der Waals surface area (Å²) in [7, 11) is 0. The van der Waals surface area contributed by atoms with E-state index in [1.54, 1.807) is 12.1 Å². The second-order valence-corrected chi connectivity index (χ2v) is 4.87. The summed E-state index contributed by atoms with van der Waals surface area (Å²) in [5.74, 6) is 0.727. The first-order chi connectivity index (χ1) is 9.60. The molecule has 1 saturated carbocycles. The number of hydrogen-bond donors (Lipinski definition) is 1. The second kappa shape index (κ2) is 6.56. The molecule has 1 N–H and O–H groups in total. The van der Waals surface area contributed by atoms with E-state index >= 15 is 0 Å². The Morgan fingerprint density at radius 2 is 2.05 bits per heavy atom. The fourth-order valence-corrected chi connectivity index (χ4v) is 2.34. The van der Waals surface area contributed by atoms with E-state index < -0.39 is 4.92 Å². The highest BCUT2D eigenvalue weighted by Gasteiger charge is 2.24. The monoisotopic (exact) mass is 281 g/mol. The van der Waals surface area contributed by atoms with Gasteiger partial charge in [0.1, 0.15) is 5.75 Å². The Morgan fingerprint density at radius 3 is 2.65 bits per heavy atom. The largest absolute Gasteiger partial charge is 0.494 e. The molecule has 20 heavy (non-hydrogen) atoms. The van der Waals surface area contributed by atoms with Gasteiger partial charge in [-0.15, -0.1) is 0 Å². The van der Waals surface area contributed by atoms with E-state index in [0.29, 0.717) is 38.0 Å². The van der Waals surface area contributed by atoms with Crippen molar-refractivity contribution >= 4 is 5.69 Å². The normalized spacial score (nSPS) is 22.3. The third-order valence-corrected chi connectivity index (χ3v) is 3.38. The van der Waals surface area contributed by atoms with Crippen LogP contribution in [0.25, 0.3) is 0 Å². The number of aliphatic hydroxyl groups is 1. The van der Waals surface area contributed by atoms with Crippen LogP contribution < -0.4 is 9.47 Å². The van der Waals surface area contributed by atoms with Crippen molar-refractivity contribution in [3.63, 3.8) is 0 Å². The number of rotatable bonds is 5. The molecule has 0 heterocycles. The average molecular weight is 281 g/mol. The molecule has 0 saturated heterocycles. The predicted molar refractivity (Wildman–Crippen MR) is 73.2 cm³/mol. The Bertz CT molecular complexity index is 469. The van der Waals surface area contributed by atoms with Crippen LogP contribution in [0.1, 0.15) is 32.6 Å². The first-order valence-electron chi connectivity index (χ1n) is 6.86. The van der Waals surface area contributed by atoms with Crippen LogP contribution in [0.4, 0.5) is 5.69 Å². The molecule has 0 spiro atoms. The maximum atomic E-state index is 11.1. The van der Waals surface area contributed by atoms with Crippen LogP contribution in [-0.4, -0.2) is 28.8 Å². The molecule has 1 aromatic carbocycles. The third-order valence-electron chi connectivity index (χ3n) is 3.38. The summed E-state index contributed by atoms with van der Waals surface area (Å²) in [5, 5.41) is 20.6. The molecule has 6 nitrogen and oxygen atoms in total. The summed E-state index contributed by atoms with van der Waals surface area (Å²) in [6, 6.07) is 4.63. The number of benzene rings is 1. The highest BCUT2D eigenvalue weighted by Crippen LogP contribution is 2.34. The smallest absolute Gasteiger partial charge is 0.314 e. The molecule has 0 bridgehead atoms. The van der Waals surface area contributed by atoms with Gasteiger partial charge in [0.05, 0.1) is 29.8 Å². The Hall–Kier alpha value is -1.82. The summed E-state index contributed by atoms with van der Waals surface area (Å²) in [6.07, 6.45) is 2.43. The van der Waals surface area contributed by atoms with Crippen LogP contribution in [-0.2, 0) is 0 Å². The van der Waals surface area contributed by atoms with Crippen molar-refractivity contribution in [1.29, 1.82) is 0 Å². The van der Waals surface area contributed by atoms with E-state index in [0.717, 1.165) is 0 Å². The lowest BCUT2D eigenvalue weighted by Crippen LogP contribution is -2.26. The van der Waals surface area contributed by atoms with Crippen LogP contribution in [0.3, 0.4) is 0 Å². The topological polar surface area (TPSA) is 81.8 Å². The van der Waals surface area contributed by atoms with Gasteiger partial charge in [-0.05, 0) is 44.7 Å². The summed E-state index contributed by atoms with van der Waals surface area (Å²) < 4.78 is 11.0. The van der Waals surface area contributed by atoms with Crippen LogP contribution in [0.2, 0.25) is 0 Å². The molecule has 1 aliphatic carbocycles. The molecule has 6 heteroatoms. The van der Waals surface area contributed by atoms with Gasteiger partial charge < -0.3 is 14.6 Å². The van der Waals surface area contributed by atoms with Crippen molar-refractivity contribution in [2.75, 3.05) is 6.61 Å². The van der Waals surface area contributed by atoms with E-state index in [1.807, 2.05) is 6.92 Å². The van der Waals surface area contributed by atoms with Crippen LogP contribution in [0.5, 0.6) is 11.5 Å². The van der Waals surface area contributed by atoms with Crippen molar-refractivity contribution in [3.8, 4) is 11.5 Å². The van der Waals surface area contributed by atoms with Gasteiger partial charge in [-0.25, -0.2) is 0 Å². The minimum atomic E-state index is -0.463. The van der Waals surface area contributed by atoms with E-state index in [9.17, 15) is 15.2 Å². The quantitative estimate of drug-likeness (QED) is 0.662. The number of nitro groups is 1. The summed E-state index contributed by atoms with van der Waals surface area (Å²) in [4.78, 5) is 10.6. The zero-order chi connectivity index (χ0) is 14.5. The standard InChI is InChI=1S/C14H19NO5/c1-2-19-12-7-8-14(13(9-12)15(17)18)20-11-5-3-10(16)4-6-11/h7-11,16H,2-6H2,1H3. The zero-order valence-electron chi connectivity index (χ0n) is 11.4. The molecule has 0 unspecified atom stereocenters. The lowest BCUT2D eigenvalue weighted by molar-refractivity contribution is -0.386. The van der Waals surface area contributed by atoms with Gasteiger partial charge in [0, 0.05) is 0 Å². The van der Waals surface area contributed by atoms with Crippen LogP contribution in [0, 0.1) is 10.1 Å². The average Bonchev–Trinajstić information content (AvgIpc) is 2.43. The van der Waals surface area contributed by atoms with Gasteiger partial charge >= 0.3 is 5.69 Å². The summed E-state index contributed by atoms with van der Waals surface area (Å²) >= 11 is 0. The number of nitro benzene ring substituents is 1. The van der Waals surface area contributed by atoms with Crippen LogP contribution >= 0.6 is 0 Å². The maximum absolute atomic E-state index is 11.1. The highest BCUT2D eigenvalue weighted by molar-refractivity contribution is 5.51. The Balaban J connectivity index is 2.12. The maximum Gasteiger partial charge on any atom is 0.314 e. The molecule has 0 aromatic heterocycles. The minimum Gasteiger partial charge on any atom is -0.494 e. The zero-order valence-corrected chi connectivity index (χ0v) is 11.4. The first kappa shape index (κ1) is 14.6. The number of ether oxygens (including phenoxy) is 2. The SMILES string of the molecule is CCOc1ccc(OC2CCC(O)CC2)c([N+](=O)[O-])c1. The molecule has 2 rings (SSSR count). The predicted octanol–water partition coefficient (Wildman–Crippen LogP) is 2.68. The van der Waals surface area contributed by atoms with Crippen molar-refractivity contribution in [3.05, 3.63) is 28.3 Å². The van der Waals surface area contributed by atoms with Gasteiger partial charge in [-0.1, -0.05) is 0 Å². The minimum absolute atomic E-state index is 0.0740. The van der Waals surface area contributed by atoms with Gasteiger partial charge in [0.25, 0.3) is 0 Å². The van der Waals surface area contributed by atoms with Gasteiger partial charge in [-0.3, -0.25) is 10.1 Å². The van der Waals surface area contributed by atoms with Crippen molar-refractivity contribution in [2.45, 2.75) is 44.8 Å². The molecule has 0 amide bonds. The Kier molecular flexibility index (Phi) is 4.79. The fourth-order valence-electron chi connectivity index (χ4n) is 2.34. The fraction of sp³-hybridized carbons (Fsp3) is 0.571. The lowest BCUT2D eigenvalue weighted by Gasteiger charge is -2.26. The second-order valence-electron chi connectivity index (χ2n) is 4.87. The highest BCUT2D eigenvalue weighted by atomic mass is 16.6. The molecule has 1 aromatic rings. The van der Waals surface area contributed by atoms with Crippen molar-refractivity contribution in [1.82, 2.24) is 0 Å². The summed E-state index contributed by atoms with van der Waals surface area (Å²) in [5.41, 5.74) is -0.0814. The first-order valence-corrected chi connectivity index (χ1v) is 6.86. The number of nitrogens with zero attached hydrogens (tertiary/aromatic N) is 1. The van der Waals surface area contributed by atoms with E-state index in [1.165, 1.54) is 6.07 Å². The summed E-state index contributed by atoms with van der Waals surface area (Å²) in [6.45, 7) is 2.28. The van der Waals surface area contributed by atoms with Gasteiger partial charge in [0.15, 0.2) is 5.75 Å². The number of hydrogen-bond acceptors (Lipinski definition) is 5. The Labute approximate surface area is 117 Å². The molecule has 110 valence electrons. The molecular weight excluding hydrogens is 262 g/mol. The molecular formula is C14H19NO5. The molecule has 1 aliphatic rings. The van der Waals surface area contributed by atoms with Crippen molar-refractivity contribution < 1.29 is 19.5 Å². The third kappa shape index (κ3) is 3.60. The molecule has 0 aliphatic heterocycles. The number of aliphatic hydroxyl groups excluding tert-OH is 1. The van der Waals surface area contributed by atoms with E-state index in [-0.39, 0.29) is 23.6 Å². The molecule has 1 fully saturated rings. The van der Waals surface area contributed by atoms with E-state index in [2.05, 4.69) is 0 Å². The molecule has 0 radical (unpaired) electrons.